The zero-order valence-corrected chi connectivity index (χ0v) is 12.1. The van der Waals surface area contributed by atoms with Gasteiger partial charge in [0.05, 0.1) is 12.8 Å². The fourth-order valence-electron chi connectivity index (χ4n) is 2.38. The third-order valence-corrected chi connectivity index (χ3v) is 3.60. The second-order valence-corrected chi connectivity index (χ2v) is 4.86. The molecular weight excluding hydrogens is 248 g/mol. The topological polar surface area (TPSA) is 38.5 Å². The summed E-state index contributed by atoms with van der Waals surface area (Å²) >= 11 is 0. The molecule has 3 nitrogen and oxygen atoms in total. The van der Waals surface area contributed by atoms with Crippen LogP contribution in [0.1, 0.15) is 5.56 Å². The summed E-state index contributed by atoms with van der Waals surface area (Å²) in [6, 6.07) is 18.7. The summed E-state index contributed by atoms with van der Waals surface area (Å²) in [4.78, 5) is 2.20. The second kappa shape index (κ2) is 6.96. The summed E-state index contributed by atoms with van der Waals surface area (Å²) in [5, 5.41) is 0. The molecule has 2 aromatic carbocycles. The highest BCUT2D eigenvalue weighted by molar-refractivity contribution is 5.58. The van der Waals surface area contributed by atoms with E-state index in [0.29, 0.717) is 6.54 Å². The Balaban J connectivity index is 2.18. The van der Waals surface area contributed by atoms with Gasteiger partial charge in [0.1, 0.15) is 5.75 Å². The Morgan fingerprint density at radius 2 is 1.70 bits per heavy atom. The van der Waals surface area contributed by atoms with E-state index in [1.807, 2.05) is 24.3 Å². The van der Waals surface area contributed by atoms with E-state index in [0.717, 1.165) is 17.9 Å². The number of rotatable bonds is 6. The average molecular weight is 270 g/mol. The van der Waals surface area contributed by atoms with E-state index in [4.69, 9.17) is 10.5 Å². The normalized spacial score (nSPS) is 11.9. The smallest absolute Gasteiger partial charge is 0.142 e. The van der Waals surface area contributed by atoms with Crippen molar-refractivity contribution in [3.05, 3.63) is 60.2 Å². The first-order valence-corrected chi connectivity index (χ1v) is 6.86. The third-order valence-electron chi connectivity index (χ3n) is 3.60. The molecule has 0 aliphatic carbocycles. The quantitative estimate of drug-likeness (QED) is 0.877. The van der Waals surface area contributed by atoms with Gasteiger partial charge in [0, 0.05) is 19.6 Å². The number of nitrogens with two attached hydrogens (primary N) is 1. The monoisotopic (exact) mass is 270 g/mol. The van der Waals surface area contributed by atoms with Crippen LogP contribution in [0.5, 0.6) is 5.75 Å². The number of likely N-dealkylation sites (N-methyl/N-ethyl adjacent to an activating group) is 1. The Morgan fingerprint density at radius 1 is 1.05 bits per heavy atom. The van der Waals surface area contributed by atoms with E-state index in [2.05, 4.69) is 42.3 Å². The first kappa shape index (κ1) is 14.4. The summed E-state index contributed by atoms with van der Waals surface area (Å²) in [5.74, 6) is 0.876. The van der Waals surface area contributed by atoms with Crippen LogP contribution in [0.3, 0.4) is 0 Å². The van der Waals surface area contributed by atoms with Crippen LogP contribution in [-0.2, 0) is 6.42 Å². The maximum absolute atomic E-state index is 5.97. The second-order valence-electron chi connectivity index (χ2n) is 4.86. The molecule has 0 saturated heterocycles. The van der Waals surface area contributed by atoms with Crippen LogP contribution in [0.25, 0.3) is 0 Å². The van der Waals surface area contributed by atoms with Gasteiger partial charge in [0.25, 0.3) is 0 Å². The predicted octanol–water partition coefficient (Wildman–Crippen LogP) is 2.70. The molecule has 0 aliphatic heterocycles. The van der Waals surface area contributed by atoms with E-state index < -0.39 is 0 Å². The Labute approximate surface area is 121 Å². The Morgan fingerprint density at radius 3 is 2.35 bits per heavy atom. The van der Waals surface area contributed by atoms with Crippen molar-refractivity contribution in [3.63, 3.8) is 0 Å². The number of hydrogen-bond acceptors (Lipinski definition) is 3. The molecule has 2 aromatic rings. The van der Waals surface area contributed by atoms with E-state index in [1.165, 1.54) is 5.56 Å². The van der Waals surface area contributed by atoms with Gasteiger partial charge in [0.2, 0.25) is 0 Å². The standard InChI is InChI=1S/C17H22N2O/c1-19(16-10-6-7-11-17(16)20-2)15(13-18)12-14-8-4-3-5-9-14/h3-11,15H,12-13,18H2,1-2H3. The molecule has 0 fully saturated rings. The molecular formula is C17H22N2O. The van der Waals surface area contributed by atoms with Crippen LogP contribution in [0.2, 0.25) is 0 Å². The van der Waals surface area contributed by atoms with Gasteiger partial charge in [0.15, 0.2) is 0 Å². The summed E-state index contributed by atoms with van der Waals surface area (Å²) in [5.41, 5.74) is 8.33. The highest BCUT2D eigenvalue weighted by Crippen LogP contribution is 2.28. The maximum atomic E-state index is 5.97. The minimum atomic E-state index is 0.244. The van der Waals surface area contributed by atoms with Crippen molar-refractivity contribution in [1.29, 1.82) is 0 Å². The van der Waals surface area contributed by atoms with Gasteiger partial charge in [-0.15, -0.1) is 0 Å². The van der Waals surface area contributed by atoms with Crippen LogP contribution < -0.4 is 15.4 Å². The summed E-state index contributed by atoms with van der Waals surface area (Å²) in [6.45, 7) is 0.601. The van der Waals surface area contributed by atoms with E-state index in [-0.39, 0.29) is 6.04 Å². The van der Waals surface area contributed by atoms with Crippen molar-refractivity contribution in [2.45, 2.75) is 12.5 Å². The number of ether oxygens (including phenoxy) is 1. The van der Waals surface area contributed by atoms with Crippen LogP contribution >= 0.6 is 0 Å². The van der Waals surface area contributed by atoms with Crippen LogP contribution in [-0.4, -0.2) is 26.7 Å². The highest BCUT2D eigenvalue weighted by Gasteiger charge is 2.17. The lowest BCUT2D eigenvalue weighted by molar-refractivity contribution is 0.413. The fraction of sp³-hybridized carbons (Fsp3) is 0.294. The lowest BCUT2D eigenvalue weighted by Crippen LogP contribution is -2.39. The molecule has 0 bridgehead atoms. The number of para-hydroxylation sites is 2. The van der Waals surface area contributed by atoms with Gasteiger partial charge in [-0.25, -0.2) is 0 Å². The highest BCUT2D eigenvalue weighted by atomic mass is 16.5. The van der Waals surface area contributed by atoms with Crippen molar-refractivity contribution < 1.29 is 4.74 Å². The van der Waals surface area contributed by atoms with Gasteiger partial charge in [-0.1, -0.05) is 42.5 Å². The Kier molecular flexibility index (Phi) is 5.02. The number of benzene rings is 2. The van der Waals surface area contributed by atoms with E-state index >= 15 is 0 Å². The first-order valence-electron chi connectivity index (χ1n) is 6.86. The zero-order valence-electron chi connectivity index (χ0n) is 12.1. The Bertz CT molecular complexity index is 528. The van der Waals surface area contributed by atoms with Crippen LogP contribution in [0.15, 0.2) is 54.6 Å². The molecule has 106 valence electrons. The summed E-state index contributed by atoms with van der Waals surface area (Å²) < 4.78 is 5.43. The van der Waals surface area contributed by atoms with Crippen molar-refractivity contribution in [1.82, 2.24) is 0 Å². The molecule has 0 aliphatic rings. The van der Waals surface area contributed by atoms with Crippen LogP contribution in [0, 0.1) is 0 Å². The molecule has 0 aromatic heterocycles. The maximum Gasteiger partial charge on any atom is 0.142 e. The molecule has 1 unspecified atom stereocenters. The molecule has 0 spiro atoms. The van der Waals surface area contributed by atoms with E-state index in [1.54, 1.807) is 7.11 Å². The van der Waals surface area contributed by atoms with Gasteiger partial charge in [-0.2, -0.15) is 0 Å². The van der Waals surface area contributed by atoms with Gasteiger partial charge in [-0.05, 0) is 24.1 Å². The van der Waals surface area contributed by atoms with Crippen LogP contribution in [0.4, 0.5) is 5.69 Å². The average Bonchev–Trinajstić information content (AvgIpc) is 2.53. The fourth-order valence-corrected chi connectivity index (χ4v) is 2.38. The zero-order chi connectivity index (χ0) is 14.4. The van der Waals surface area contributed by atoms with E-state index in [9.17, 15) is 0 Å². The van der Waals surface area contributed by atoms with Gasteiger partial charge < -0.3 is 15.4 Å². The molecule has 2 rings (SSSR count). The molecule has 20 heavy (non-hydrogen) atoms. The molecule has 3 heteroatoms. The number of methoxy groups -OCH3 is 1. The SMILES string of the molecule is COc1ccccc1N(C)C(CN)Cc1ccccc1. The number of hydrogen-bond donors (Lipinski definition) is 1. The summed E-state index contributed by atoms with van der Waals surface area (Å²) in [7, 11) is 3.76. The molecule has 2 N–H and O–H groups in total. The predicted molar refractivity (Wildman–Crippen MR) is 84.4 cm³/mol. The molecule has 0 amide bonds. The molecule has 1 atom stereocenters. The summed E-state index contributed by atoms with van der Waals surface area (Å²) in [6.07, 6.45) is 0.923. The largest absolute Gasteiger partial charge is 0.495 e. The third kappa shape index (κ3) is 3.31. The number of nitrogens with zero attached hydrogens (tertiary/aromatic N) is 1. The Hall–Kier alpha value is -2.00. The lowest BCUT2D eigenvalue weighted by atomic mass is 10.0. The molecule has 0 radical (unpaired) electrons. The minimum absolute atomic E-state index is 0.244. The van der Waals surface area contributed by atoms with Crippen molar-refractivity contribution in [2.24, 2.45) is 5.73 Å². The van der Waals surface area contributed by atoms with Gasteiger partial charge in [-0.3, -0.25) is 0 Å². The van der Waals surface area contributed by atoms with Crippen molar-refractivity contribution in [2.75, 3.05) is 25.6 Å². The molecule has 0 saturated carbocycles. The van der Waals surface area contributed by atoms with Crippen molar-refractivity contribution in [3.8, 4) is 5.75 Å². The molecule has 0 heterocycles. The van der Waals surface area contributed by atoms with Gasteiger partial charge >= 0.3 is 0 Å². The van der Waals surface area contributed by atoms with Crippen molar-refractivity contribution >= 4 is 5.69 Å². The first-order chi connectivity index (χ1) is 9.76. The minimum Gasteiger partial charge on any atom is -0.495 e. The number of anilines is 1. The lowest BCUT2D eigenvalue weighted by Gasteiger charge is -2.30.